The number of aryl methyl sites for hydroxylation is 3. The molecule has 0 aliphatic rings. The van der Waals surface area contributed by atoms with E-state index in [0.717, 1.165) is 16.7 Å². The Labute approximate surface area is 101 Å². The molecule has 0 spiro atoms. The highest BCUT2D eigenvalue weighted by atomic mass is 16.5. The number of nitrogens with two attached hydrogens (primary N) is 1. The van der Waals surface area contributed by atoms with E-state index in [1.54, 1.807) is 0 Å². The summed E-state index contributed by atoms with van der Waals surface area (Å²) in [5.41, 5.74) is 8.31. The maximum atomic E-state index is 11.9. The quantitative estimate of drug-likeness (QED) is 0.810. The average molecular weight is 235 g/mol. The SMILES string of the molecule is Cc1cc(C)c(C(=O)OC(C)C(N)=O)c(C)c1. The van der Waals surface area contributed by atoms with Gasteiger partial charge in [0.2, 0.25) is 0 Å². The van der Waals surface area contributed by atoms with Gasteiger partial charge < -0.3 is 10.5 Å². The number of esters is 1. The van der Waals surface area contributed by atoms with Crippen LogP contribution in [0.1, 0.15) is 34.0 Å². The number of amides is 1. The van der Waals surface area contributed by atoms with Crippen molar-refractivity contribution in [3.63, 3.8) is 0 Å². The van der Waals surface area contributed by atoms with Gasteiger partial charge >= 0.3 is 5.97 Å². The minimum absolute atomic E-state index is 0.503. The number of hydrogen-bond acceptors (Lipinski definition) is 3. The highest BCUT2D eigenvalue weighted by molar-refractivity contribution is 5.94. The molecule has 0 aromatic heterocycles. The Morgan fingerprint density at radius 1 is 1.18 bits per heavy atom. The molecule has 1 amide bonds. The van der Waals surface area contributed by atoms with E-state index in [2.05, 4.69) is 0 Å². The lowest BCUT2D eigenvalue weighted by Gasteiger charge is -2.13. The van der Waals surface area contributed by atoms with E-state index in [9.17, 15) is 9.59 Å². The fourth-order valence-electron chi connectivity index (χ4n) is 1.78. The molecule has 92 valence electrons. The van der Waals surface area contributed by atoms with Gasteiger partial charge in [-0.1, -0.05) is 17.7 Å². The second-order valence-corrected chi connectivity index (χ2v) is 4.22. The first-order valence-electron chi connectivity index (χ1n) is 5.41. The smallest absolute Gasteiger partial charge is 0.339 e. The minimum atomic E-state index is -0.914. The summed E-state index contributed by atoms with van der Waals surface area (Å²) in [5.74, 6) is -1.16. The van der Waals surface area contributed by atoms with Gasteiger partial charge in [-0.2, -0.15) is 0 Å². The van der Waals surface area contributed by atoms with E-state index in [1.165, 1.54) is 6.92 Å². The van der Waals surface area contributed by atoms with Crippen molar-refractivity contribution >= 4 is 11.9 Å². The van der Waals surface area contributed by atoms with Crippen molar-refractivity contribution in [2.24, 2.45) is 5.73 Å². The van der Waals surface area contributed by atoms with Crippen molar-refractivity contribution in [2.75, 3.05) is 0 Å². The second-order valence-electron chi connectivity index (χ2n) is 4.22. The van der Waals surface area contributed by atoms with E-state index in [1.807, 2.05) is 32.9 Å². The maximum Gasteiger partial charge on any atom is 0.339 e. The second kappa shape index (κ2) is 4.99. The average Bonchev–Trinajstić information content (AvgIpc) is 2.15. The summed E-state index contributed by atoms with van der Waals surface area (Å²) in [7, 11) is 0. The van der Waals surface area contributed by atoms with Crippen LogP contribution in [0.2, 0.25) is 0 Å². The number of carbonyl (C=O) groups is 2. The molecule has 1 rings (SSSR count). The van der Waals surface area contributed by atoms with Crippen LogP contribution in [0.25, 0.3) is 0 Å². The van der Waals surface area contributed by atoms with Crippen LogP contribution in [-0.2, 0) is 9.53 Å². The molecule has 1 unspecified atom stereocenters. The molecule has 4 nitrogen and oxygen atoms in total. The third kappa shape index (κ3) is 3.06. The molecule has 0 aliphatic heterocycles. The van der Waals surface area contributed by atoms with Gasteiger partial charge in [-0.05, 0) is 38.8 Å². The Balaban J connectivity index is 3.01. The van der Waals surface area contributed by atoms with Crippen LogP contribution in [0.3, 0.4) is 0 Å². The Bertz CT molecular complexity index is 443. The number of benzene rings is 1. The number of rotatable bonds is 3. The van der Waals surface area contributed by atoms with Gasteiger partial charge in [0.15, 0.2) is 6.10 Å². The van der Waals surface area contributed by atoms with Gasteiger partial charge in [-0.25, -0.2) is 4.79 Å². The molecule has 0 aliphatic carbocycles. The van der Waals surface area contributed by atoms with Crippen molar-refractivity contribution in [1.29, 1.82) is 0 Å². The summed E-state index contributed by atoms with van der Waals surface area (Å²) >= 11 is 0. The lowest BCUT2D eigenvalue weighted by molar-refractivity contribution is -0.125. The molecule has 0 radical (unpaired) electrons. The van der Waals surface area contributed by atoms with Crippen molar-refractivity contribution in [3.05, 3.63) is 34.4 Å². The Morgan fingerprint density at radius 2 is 1.65 bits per heavy atom. The summed E-state index contributed by atoms with van der Waals surface area (Å²) < 4.78 is 4.99. The zero-order valence-electron chi connectivity index (χ0n) is 10.5. The van der Waals surface area contributed by atoms with Crippen LogP contribution < -0.4 is 5.73 Å². The summed E-state index contributed by atoms with van der Waals surface area (Å²) in [6.07, 6.45) is -0.914. The summed E-state index contributed by atoms with van der Waals surface area (Å²) in [4.78, 5) is 22.7. The largest absolute Gasteiger partial charge is 0.449 e. The molecule has 0 fully saturated rings. The van der Waals surface area contributed by atoms with Gasteiger partial charge in [0.05, 0.1) is 5.56 Å². The summed E-state index contributed by atoms with van der Waals surface area (Å²) in [6, 6.07) is 3.80. The third-order valence-electron chi connectivity index (χ3n) is 2.57. The molecule has 1 aromatic carbocycles. The first kappa shape index (κ1) is 13.2. The van der Waals surface area contributed by atoms with E-state index in [-0.39, 0.29) is 0 Å². The summed E-state index contributed by atoms with van der Waals surface area (Å²) in [5, 5.41) is 0. The van der Waals surface area contributed by atoms with Crippen LogP contribution in [0.15, 0.2) is 12.1 Å². The monoisotopic (exact) mass is 235 g/mol. The molecule has 2 N–H and O–H groups in total. The number of ether oxygens (including phenoxy) is 1. The predicted molar refractivity (Wildman–Crippen MR) is 64.7 cm³/mol. The number of carbonyl (C=O) groups excluding carboxylic acids is 2. The van der Waals surface area contributed by atoms with E-state index >= 15 is 0 Å². The fraction of sp³-hybridized carbons (Fsp3) is 0.385. The molecular formula is C13H17NO3. The van der Waals surface area contributed by atoms with Gasteiger partial charge in [0.25, 0.3) is 5.91 Å². The first-order chi connectivity index (χ1) is 7.82. The lowest BCUT2D eigenvalue weighted by Crippen LogP contribution is -2.30. The van der Waals surface area contributed by atoms with Crippen molar-refractivity contribution in [2.45, 2.75) is 33.8 Å². The Hall–Kier alpha value is -1.84. The van der Waals surface area contributed by atoms with E-state index in [4.69, 9.17) is 10.5 Å². The third-order valence-corrected chi connectivity index (χ3v) is 2.57. The normalized spacial score (nSPS) is 12.0. The van der Waals surface area contributed by atoms with Crippen LogP contribution in [-0.4, -0.2) is 18.0 Å². The topological polar surface area (TPSA) is 69.4 Å². The molecule has 1 aromatic rings. The molecule has 0 saturated carbocycles. The van der Waals surface area contributed by atoms with Crippen molar-refractivity contribution in [3.8, 4) is 0 Å². The molecule has 0 heterocycles. The molecule has 4 heteroatoms. The van der Waals surface area contributed by atoms with Gasteiger partial charge in [0.1, 0.15) is 0 Å². The Morgan fingerprint density at radius 3 is 2.06 bits per heavy atom. The van der Waals surface area contributed by atoms with E-state index < -0.39 is 18.0 Å². The highest BCUT2D eigenvalue weighted by Gasteiger charge is 2.19. The maximum absolute atomic E-state index is 11.9. The minimum Gasteiger partial charge on any atom is -0.449 e. The standard InChI is InChI=1S/C13H17NO3/c1-7-5-8(2)11(9(3)6-7)13(16)17-10(4)12(14)15/h5-6,10H,1-4H3,(H2,14,15). The van der Waals surface area contributed by atoms with Crippen LogP contribution in [0, 0.1) is 20.8 Å². The molecular weight excluding hydrogens is 218 g/mol. The molecule has 1 atom stereocenters. The molecule has 17 heavy (non-hydrogen) atoms. The van der Waals surface area contributed by atoms with E-state index in [0.29, 0.717) is 5.56 Å². The summed E-state index contributed by atoms with van der Waals surface area (Å²) in [6.45, 7) is 7.09. The fourth-order valence-corrected chi connectivity index (χ4v) is 1.78. The predicted octanol–water partition coefficient (Wildman–Crippen LogP) is 1.64. The Kier molecular flexibility index (Phi) is 3.89. The van der Waals surface area contributed by atoms with Crippen molar-refractivity contribution in [1.82, 2.24) is 0 Å². The number of primary amides is 1. The first-order valence-corrected chi connectivity index (χ1v) is 5.41. The zero-order valence-corrected chi connectivity index (χ0v) is 10.5. The van der Waals surface area contributed by atoms with Crippen molar-refractivity contribution < 1.29 is 14.3 Å². The van der Waals surface area contributed by atoms with Gasteiger partial charge in [-0.15, -0.1) is 0 Å². The zero-order chi connectivity index (χ0) is 13.2. The van der Waals surface area contributed by atoms with Crippen LogP contribution >= 0.6 is 0 Å². The number of hydrogen-bond donors (Lipinski definition) is 1. The molecule has 0 bridgehead atoms. The van der Waals surface area contributed by atoms with Gasteiger partial charge in [0, 0.05) is 0 Å². The lowest BCUT2D eigenvalue weighted by atomic mass is 10.00. The van der Waals surface area contributed by atoms with Gasteiger partial charge in [-0.3, -0.25) is 4.79 Å². The molecule has 0 saturated heterocycles. The van der Waals surface area contributed by atoms with Crippen LogP contribution in [0.5, 0.6) is 0 Å². The van der Waals surface area contributed by atoms with Crippen LogP contribution in [0.4, 0.5) is 0 Å². The highest BCUT2D eigenvalue weighted by Crippen LogP contribution is 2.17.